The minimum atomic E-state index is -1.71. The van der Waals surface area contributed by atoms with Crippen LogP contribution >= 0.6 is 11.6 Å². The number of carbonyl (C=O) groups excluding carboxylic acids is 1. The zero-order valence-corrected chi connectivity index (χ0v) is 11.5. The first kappa shape index (κ1) is 14.8. The Morgan fingerprint density at radius 2 is 2.11 bits per heavy atom. The van der Waals surface area contributed by atoms with Crippen LogP contribution in [-0.2, 0) is 10.5 Å². The summed E-state index contributed by atoms with van der Waals surface area (Å²) in [4.78, 5) is 11.6. The summed E-state index contributed by atoms with van der Waals surface area (Å²) in [6.07, 6.45) is -0.461. The van der Waals surface area contributed by atoms with Gasteiger partial charge in [0, 0.05) is 18.0 Å². The van der Waals surface area contributed by atoms with Gasteiger partial charge in [0.25, 0.3) is 0 Å². The van der Waals surface area contributed by atoms with Crippen LogP contribution in [0.25, 0.3) is 0 Å². The molecule has 0 aliphatic rings. The van der Waals surface area contributed by atoms with Gasteiger partial charge in [0.1, 0.15) is 0 Å². The molecule has 1 atom stereocenters. The average Bonchev–Trinajstić information content (AvgIpc) is 2.28. The summed E-state index contributed by atoms with van der Waals surface area (Å²) in [5.41, 5.74) is 0.382. The minimum absolute atomic E-state index is 0.0650. The van der Waals surface area contributed by atoms with Gasteiger partial charge in [0.2, 0.25) is 5.79 Å². The standard InChI is InChI=1S/C13H18ClNO3/c1-4-13(17,18-12(16)15-9(2)3)10-7-5-6-8-11(10)14/h5-9,17H,4H2,1-3H3,(H,15,16)/t13-/m1/s1. The number of halogens is 1. The van der Waals surface area contributed by atoms with Crippen molar-refractivity contribution in [2.75, 3.05) is 0 Å². The van der Waals surface area contributed by atoms with E-state index in [2.05, 4.69) is 5.32 Å². The normalized spacial score (nSPS) is 14.1. The van der Waals surface area contributed by atoms with E-state index in [1.807, 2.05) is 13.8 Å². The molecule has 100 valence electrons. The molecule has 1 amide bonds. The summed E-state index contributed by atoms with van der Waals surface area (Å²) >= 11 is 6.00. The van der Waals surface area contributed by atoms with E-state index in [-0.39, 0.29) is 12.5 Å². The summed E-state index contributed by atoms with van der Waals surface area (Å²) in [7, 11) is 0. The van der Waals surface area contributed by atoms with Crippen molar-refractivity contribution >= 4 is 17.7 Å². The summed E-state index contributed by atoms with van der Waals surface area (Å²) in [5, 5.41) is 13.3. The number of alkyl carbamates (subject to hydrolysis) is 1. The van der Waals surface area contributed by atoms with Gasteiger partial charge >= 0.3 is 6.09 Å². The molecule has 0 aliphatic heterocycles. The lowest BCUT2D eigenvalue weighted by atomic mass is 10.0. The van der Waals surface area contributed by atoms with Crippen molar-refractivity contribution in [2.24, 2.45) is 0 Å². The van der Waals surface area contributed by atoms with Crippen molar-refractivity contribution in [1.82, 2.24) is 5.32 Å². The van der Waals surface area contributed by atoms with E-state index in [0.29, 0.717) is 10.6 Å². The lowest BCUT2D eigenvalue weighted by Gasteiger charge is -2.28. The second kappa shape index (κ2) is 6.07. The Labute approximate surface area is 112 Å². The van der Waals surface area contributed by atoms with Crippen LogP contribution in [0.1, 0.15) is 32.8 Å². The molecule has 0 saturated heterocycles. The molecule has 0 fully saturated rings. The molecule has 0 heterocycles. The van der Waals surface area contributed by atoms with Crippen molar-refractivity contribution in [1.29, 1.82) is 0 Å². The van der Waals surface area contributed by atoms with Crippen LogP contribution in [0.5, 0.6) is 0 Å². The van der Waals surface area contributed by atoms with Crippen molar-refractivity contribution < 1.29 is 14.6 Å². The van der Waals surface area contributed by atoms with E-state index in [9.17, 15) is 9.90 Å². The molecule has 0 aromatic heterocycles. The molecule has 0 bridgehead atoms. The van der Waals surface area contributed by atoms with Crippen molar-refractivity contribution in [3.63, 3.8) is 0 Å². The Morgan fingerprint density at radius 1 is 1.50 bits per heavy atom. The lowest BCUT2D eigenvalue weighted by Crippen LogP contribution is -2.39. The van der Waals surface area contributed by atoms with Crippen molar-refractivity contribution in [3.8, 4) is 0 Å². The van der Waals surface area contributed by atoms with Gasteiger partial charge in [-0.1, -0.05) is 36.7 Å². The predicted molar refractivity (Wildman–Crippen MR) is 70.4 cm³/mol. The highest BCUT2D eigenvalue weighted by atomic mass is 35.5. The number of hydrogen-bond acceptors (Lipinski definition) is 3. The summed E-state index contributed by atoms with van der Waals surface area (Å²) in [6.45, 7) is 5.33. The summed E-state index contributed by atoms with van der Waals surface area (Å²) in [6, 6.07) is 6.68. The van der Waals surface area contributed by atoms with Crippen LogP contribution in [0.4, 0.5) is 4.79 Å². The quantitative estimate of drug-likeness (QED) is 0.828. The maximum absolute atomic E-state index is 11.6. The average molecular weight is 272 g/mol. The van der Waals surface area contributed by atoms with Crippen molar-refractivity contribution in [3.05, 3.63) is 34.9 Å². The first-order chi connectivity index (χ1) is 8.39. The van der Waals surface area contributed by atoms with Gasteiger partial charge in [-0.3, -0.25) is 0 Å². The Morgan fingerprint density at radius 3 is 2.61 bits per heavy atom. The molecule has 1 aromatic carbocycles. The SMILES string of the molecule is CC[C@@](O)(OC(=O)NC(C)C)c1ccccc1Cl. The van der Waals surface area contributed by atoms with Crippen LogP contribution in [0, 0.1) is 0 Å². The molecule has 4 nitrogen and oxygen atoms in total. The number of hydrogen-bond donors (Lipinski definition) is 2. The van der Waals surface area contributed by atoms with Gasteiger partial charge in [-0.25, -0.2) is 4.79 Å². The minimum Gasteiger partial charge on any atom is -0.413 e. The van der Waals surface area contributed by atoms with E-state index in [1.165, 1.54) is 0 Å². The van der Waals surface area contributed by atoms with E-state index < -0.39 is 11.9 Å². The fraction of sp³-hybridized carbons (Fsp3) is 0.462. The molecule has 2 N–H and O–H groups in total. The molecule has 0 saturated carbocycles. The van der Waals surface area contributed by atoms with Crippen LogP contribution in [-0.4, -0.2) is 17.2 Å². The van der Waals surface area contributed by atoms with E-state index in [4.69, 9.17) is 16.3 Å². The fourth-order valence-corrected chi connectivity index (χ4v) is 1.80. The largest absolute Gasteiger partial charge is 0.413 e. The van der Waals surface area contributed by atoms with E-state index >= 15 is 0 Å². The number of ether oxygens (including phenoxy) is 1. The molecule has 0 radical (unpaired) electrons. The topological polar surface area (TPSA) is 58.6 Å². The van der Waals surface area contributed by atoms with E-state index in [0.717, 1.165) is 0 Å². The highest BCUT2D eigenvalue weighted by molar-refractivity contribution is 6.31. The summed E-state index contributed by atoms with van der Waals surface area (Å²) in [5.74, 6) is -1.71. The molecule has 5 heteroatoms. The maximum Gasteiger partial charge on any atom is 0.410 e. The molecule has 1 aromatic rings. The van der Waals surface area contributed by atoms with Gasteiger partial charge < -0.3 is 15.2 Å². The number of amides is 1. The van der Waals surface area contributed by atoms with Gasteiger partial charge in [-0.05, 0) is 19.9 Å². The van der Waals surface area contributed by atoms with Gasteiger partial charge in [0.05, 0.1) is 5.02 Å². The second-order valence-electron chi connectivity index (χ2n) is 4.31. The van der Waals surface area contributed by atoms with Crippen LogP contribution in [0.3, 0.4) is 0 Å². The van der Waals surface area contributed by atoms with Crippen LogP contribution in [0.2, 0.25) is 5.02 Å². The Hall–Kier alpha value is -1.26. The highest BCUT2D eigenvalue weighted by Crippen LogP contribution is 2.32. The smallest absolute Gasteiger partial charge is 0.410 e. The molecular formula is C13H18ClNO3. The van der Waals surface area contributed by atoms with Gasteiger partial charge in [0.15, 0.2) is 0 Å². The second-order valence-corrected chi connectivity index (χ2v) is 4.71. The Bertz CT molecular complexity index is 422. The monoisotopic (exact) mass is 271 g/mol. The highest BCUT2D eigenvalue weighted by Gasteiger charge is 2.34. The fourth-order valence-electron chi connectivity index (χ4n) is 1.51. The zero-order chi connectivity index (χ0) is 13.8. The Kier molecular flexibility index (Phi) is 4.99. The van der Waals surface area contributed by atoms with Crippen molar-refractivity contribution in [2.45, 2.75) is 39.0 Å². The third kappa shape index (κ3) is 3.62. The molecule has 18 heavy (non-hydrogen) atoms. The van der Waals surface area contributed by atoms with Gasteiger partial charge in [-0.15, -0.1) is 0 Å². The number of nitrogens with one attached hydrogen (secondary N) is 1. The Balaban J connectivity index is 2.93. The van der Waals surface area contributed by atoms with E-state index in [1.54, 1.807) is 31.2 Å². The first-order valence-electron chi connectivity index (χ1n) is 5.86. The number of carbonyl (C=O) groups is 1. The van der Waals surface area contributed by atoms with Gasteiger partial charge in [-0.2, -0.15) is 0 Å². The summed E-state index contributed by atoms with van der Waals surface area (Å²) < 4.78 is 5.09. The predicted octanol–water partition coefficient (Wildman–Crippen LogP) is 3.03. The molecule has 0 spiro atoms. The maximum atomic E-state index is 11.6. The first-order valence-corrected chi connectivity index (χ1v) is 6.23. The number of benzene rings is 1. The van der Waals surface area contributed by atoms with Crippen LogP contribution < -0.4 is 5.32 Å². The number of rotatable bonds is 4. The molecule has 1 rings (SSSR count). The molecule has 0 aliphatic carbocycles. The zero-order valence-electron chi connectivity index (χ0n) is 10.7. The number of aliphatic hydroxyl groups is 1. The third-order valence-electron chi connectivity index (χ3n) is 2.44. The molecule has 0 unspecified atom stereocenters. The molecular weight excluding hydrogens is 254 g/mol. The third-order valence-corrected chi connectivity index (χ3v) is 2.77. The lowest BCUT2D eigenvalue weighted by molar-refractivity contribution is -0.172. The van der Waals surface area contributed by atoms with Crippen LogP contribution in [0.15, 0.2) is 24.3 Å².